The maximum Gasteiger partial charge on any atom is 0.282 e. The molecule has 1 saturated carbocycles. The van der Waals surface area contributed by atoms with E-state index < -0.39 is 0 Å². The molecule has 1 N–H and O–H groups in total. The molecule has 3 aromatic carbocycles. The number of nitro groups is 1. The number of halogens is 4. The lowest BCUT2D eigenvalue weighted by Crippen LogP contribution is -2.31. The number of alkyl halides is 1. The fourth-order valence-electron chi connectivity index (χ4n) is 5.04. The molecular formula is C24H18Cl4N2O2S. The molecule has 0 saturated heterocycles. The number of nitrogens with zero attached hydrogens (tertiary/aromatic N) is 1. The van der Waals surface area contributed by atoms with Crippen LogP contribution >= 0.6 is 58.2 Å². The number of thioether (sulfide) groups is 1. The summed E-state index contributed by atoms with van der Waals surface area (Å²) in [5, 5.41) is 16.5. The van der Waals surface area contributed by atoms with Gasteiger partial charge in [-0.05, 0) is 41.7 Å². The van der Waals surface area contributed by atoms with E-state index in [4.69, 9.17) is 46.4 Å². The van der Waals surface area contributed by atoms with E-state index in [9.17, 15) is 10.1 Å². The summed E-state index contributed by atoms with van der Waals surface area (Å²) in [6.45, 7) is 0. The summed E-state index contributed by atoms with van der Waals surface area (Å²) >= 11 is 28.1. The zero-order valence-electron chi connectivity index (χ0n) is 17.1. The summed E-state index contributed by atoms with van der Waals surface area (Å²) in [5.41, 5.74) is 2.90. The Kier molecular flexibility index (Phi) is 6.45. The first kappa shape index (κ1) is 23.1. The van der Waals surface area contributed by atoms with Gasteiger partial charge in [0.25, 0.3) is 5.69 Å². The van der Waals surface area contributed by atoms with Crippen LogP contribution in [0.4, 0.5) is 11.4 Å². The fourth-order valence-corrected chi connectivity index (χ4v) is 7.65. The first-order valence-electron chi connectivity index (χ1n) is 10.4. The first-order valence-corrected chi connectivity index (χ1v) is 12.8. The summed E-state index contributed by atoms with van der Waals surface area (Å²) in [6, 6.07) is 18.1. The second kappa shape index (κ2) is 9.20. The van der Waals surface area contributed by atoms with Gasteiger partial charge in [0.1, 0.15) is 0 Å². The van der Waals surface area contributed by atoms with Crippen LogP contribution in [0, 0.1) is 16.0 Å². The summed E-state index contributed by atoms with van der Waals surface area (Å²) in [4.78, 5) is 11.8. The average Bonchev–Trinajstić information content (AvgIpc) is 3.12. The number of hydrogen-bond acceptors (Lipinski definition) is 4. The van der Waals surface area contributed by atoms with Crippen molar-refractivity contribution in [3.63, 3.8) is 0 Å². The highest BCUT2D eigenvalue weighted by atomic mass is 35.5. The molecule has 33 heavy (non-hydrogen) atoms. The molecule has 1 aliphatic heterocycles. The molecule has 9 heteroatoms. The van der Waals surface area contributed by atoms with Gasteiger partial charge in [-0.25, -0.2) is 0 Å². The van der Waals surface area contributed by atoms with Gasteiger partial charge < -0.3 is 5.32 Å². The molecular weight excluding hydrogens is 522 g/mol. The number of nitrogens with one attached hydrogen (secondary N) is 1. The van der Waals surface area contributed by atoms with E-state index in [1.54, 1.807) is 18.2 Å². The van der Waals surface area contributed by atoms with E-state index >= 15 is 0 Å². The second-order valence-electron chi connectivity index (χ2n) is 8.22. The number of fused-ring (bicyclic) bond motifs is 3. The molecule has 5 rings (SSSR count). The van der Waals surface area contributed by atoms with Crippen molar-refractivity contribution in [3.05, 3.63) is 97.0 Å². The van der Waals surface area contributed by atoms with Crippen LogP contribution in [0.25, 0.3) is 0 Å². The third kappa shape index (κ3) is 4.08. The quantitative estimate of drug-likeness (QED) is 0.205. The van der Waals surface area contributed by atoms with Crippen molar-refractivity contribution < 1.29 is 4.92 Å². The van der Waals surface area contributed by atoms with Crippen molar-refractivity contribution in [2.75, 3.05) is 5.32 Å². The zero-order valence-corrected chi connectivity index (χ0v) is 20.9. The summed E-state index contributed by atoms with van der Waals surface area (Å²) in [7, 11) is 0. The molecule has 0 bridgehead atoms. The van der Waals surface area contributed by atoms with Gasteiger partial charge in [0.05, 0.1) is 42.0 Å². The van der Waals surface area contributed by atoms with Crippen molar-refractivity contribution in [2.24, 2.45) is 5.92 Å². The van der Waals surface area contributed by atoms with Gasteiger partial charge in [-0.2, -0.15) is 0 Å². The van der Waals surface area contributed by atoms with Crippen molar-refractivity contribution in [2.45, 2.75) is 33.9 Å². The van der Waals surface area contributed by atoms with Crippen molar-refractivity contribution >= 4 is 69.5 Å². The minimum atomic E-state index is -0.348. The third-order valence-corrected chi connectivity index (χ3v) is 9.71. The Morgan fingerprint density at radius 2 is 1.64 bits per heavy atom. The molecule has 0 radical (unpaired) electrons. The van der Waals surface area contributed by atoms with Crippen LogP contribution in [-0.2, 0) is 0 Å². The number of hydrogen-bond donors (Lipinski definition) is 1. The maximum atomic E-state index is 11.5. The minimum absolute atomic E-state index is 0.00179. The molecule has 5 atom stereocenters. The van der Waals surface area contributed by atoms with E-state index in [-0.39, 0.29) is 39.1 Å². The predicted molar refractivity (Wildman–Crippen MR) is 138 cm³/mol. The molecule has 1 aliphatic carbocycles. The summed E-state index contributed by atoms with van der Waals surface area (Å²) < 4.78 is 0. The minimum Gasteiger partial charge on any atom is -0.376 e. The molecule has 0 amide bonds. The lowest BCUT2D eigenvalue weighted by Gasteiger charge is -2.39. The number of rotatable bonds is 4. The van der Waals surface area contributed by atoms with Crippen molar-refractivity contribution in [1.82, 2.24) is 0 Å². The molecule has 3 aromatic rings. The van der Waals surface area contributed by atoms with Crippen molar-refractivity contribution in [3.8, 4) is 0 Å². The van der Waals surface area contributed by atoms with Crippen LogP contribution in [0.15, 0.2) is 65.6 Å². The van der Waals surface area contributed by atoms with Gasteiger partial charge in [-0.3, -0.25) is 10.1 Å². The first-order chi connectivity index (χ1) is 15.9. The van der Waals surface area contributed by atoms with Gasteiger partial charge in [0, 0.05) is 17.2 Å². The normalized spacial score (nSPS) is 25.8. The molecule has 1 fully saturated rings. The van der Waals surface area contributed by atoms with E-state index in [0.29, 0.717) is 20.0 Å². The molecule has 0 aromatic heterocycles. The monoisotopic (exact) mass is 538 g/mol. The van der Waals surface area contributed by atoms with E-state index in [1.165, 1.54) is 17.8 Å². The Morgan fingerprint density at radius 3 is 2.39 bits per heavy atom. The number of nitro benzene ring substituents is 1. The predicted octanol–water partition coefficient (Wildman–Crippen LogP) is 8.59. The number of anilines is 1. The van der Waals surface area contributed by atoms with Gasteiger partial charge in [0.15, 0.2) is 0 Å². The molecule has 1 heterocycles. The largest absolute Gasteiger partial charge is 0.376 e. The van der Waals surface area contributed by atoms with Crippen LogP contribution in [-0.4, -0.2) is 15.6 Å². The zero-order chi connectivity index (χ0) is 23.3. The number of para-hydroxylation sites is 2. The van der Waals surface area contributed by atoms with E-state index in [2.05, 4.69) is 11.4 Å². The van der Waals surface area contributed by atoms with E-state index in [1.807, 2.05) is 30.3 Å². The summed E-state index contributed by atoms with van der Waals surface area (Å²) in [6.07, 6.45) is 0.752. The van der Waals surface area contributed by atoms with Crippen LogP contribution < -0.4 is 5.32 Å². The molecule has 0 unspecified atom stereocenters. The highest BCUT2D eigenvalue weighted by Gasteiger charge is 2.51. The van der Waals surface area contributed by atoms with Crippen LogP contribution in [0.5, 0.6) is 0 Å². The fraction of sp³-hybridized carbons (Fsp3) is 0.250. The lowest BCUT2D eigenvalue weighted by molar-refractivity contribution is -0.387. The molecule has 170 valence electrons. The van der Waals surface area contributed by atoms with Crippen LogP contribution in [0.1, 0.15) is 29.5 Å². The molecule has 0 spiro atoms. The van der Waals surface area contributed by atoms with Crippen molar-refractivity contribution in [1.29, 1.82) is 0 Å². The SMILES string of the molecule is O=[N+]([O-])c1ccccc1S[C@@H]1C[C@@H]2[C@H](c3cccc(Cl)c3N[C@@H]2c2cccc(Cl)c2Cl)[C@@H]1Cl. The Hall–Kier alpha value is -1.63. The molecule has 2 aliphatic rings. The Bertz CT molecular complexity index is 1240. The molecule has 4 nitrogen and oxygen atoms in total. The van der Waals surface area contributed by atoms with Gasteiger partial charge in [-0.1, -0.05) is 71.2 Å². The third-order valence-electron chi connectivity index (χ3n) is 6.45. The van der Waals surface area contributed by atoms with Crippen LogP contribution in [0.2, 0.25) is 15.1 Å². The van der Waals surface area contributed by atoms with E-state index in [0.717, 1.165) is 23.2 Å². The smallest absolute Gasteiger partial charge is 0.282 e. The second-order valence-corrected chi connectivity index (χ2v) is 11.2. The standard InChI is InChI=1S/C24H18Cl4N2O2S/c25-15-7-4-6-13(21(15)27)23-14-11-19(33-18-10-2-1-9-17(18)30(31)32)22(28)20(14)12-5-3-8-16(26)24(12)29-23/h1-10,14,19-20,22-23,29H,11H2/t14-,19-,20+,22-,23-/m1/s1. The number of benzene rings is 3. The lowest BCUT2D eigenvalue weighted by atomic mass is 9.77. The highest BCUT2D eigenvalue weighted by molar-refractivity contribution is 8.00. The van der Waals surface area contributed by atoms with Gasteiger partial charge in [0.2, 0.25) is 0 Å². The highest BCUT2D eigenvalue weighted by Crippen LogP contribution is 2.59. The summed E-state index contributed by atoms with van der Waals surface area (Å²) in [5.74, 6) is 0.108. The average molecular weight is 540 g/mol. The Labute approximate surface area is 215 Å². The van der Waals surface area contributed by atoms with Crippen LogP contribution in [0.3, 0.4) is 0 Å². The topological polar surface area (TPSA) is 55.2 Å². The van der Waals surface area contributed by atoms with Gasteiger partial charge >= 0.3 is 0 Å². The Balaban J connectivity index is 1.57. The maximum absolute atomic E-state index is 11.5. The Morgan fingerprint density at radius 1 is 0.939 bits per heavy atom. The van der Waals surface area contributed by atoms with Gasteiger partial charge in [-0.15, -0.1) is 23.4 Å².